The number of ether oxygens (including phenoxy) is 4. The summed E-state index contributed by atoms with van der Waals surface area (Å²) >= 11 is 0. The minimum absolute atomic E-state index is 0.00791. The first-order chi connectivity index (χ1) is 19.9. The summed E-state index contributed by atoms with van der Waals surface area (Å²) in [6, 6.07) is 12.5. The number of piperidine rings is 1. The standard InChI is InChI=1S/C31H46N4O6/c1-33(23-29(38-2)39-3)28(36)11-20-40-19-10-26-7-4-6-25(22-26)9-15-34-16-12-31(13-17-34)24-35(18-21-41-31)27-8-5-14-32-30(27)37/h4-8,14,22,29H,9-13,15-21,23-24H2,1-3H3,(H,32,37). The van der Waals surface area contributed by atoms with Gasteiger partial charge >= 0.3 is 0 Å². The van der Waals surface area contributed by atoms with Crippen molar-refractivity contribution in [2.24, 2.45) is 0 Å². The lowest BCUT2D eigenvalue weighted by molar-refractivity contribution is -0.143. The summed E-state index contributed by atoms with van der Waals surface area (Å²) < 4.78 is 22.4. The molecule has 4 rings (SSSR count). The van der Waals surface area contributed by atoms with E-state index in [2.05, 4.69) is 39.0 Å². The van der Waals surface area contributed by atoms with E-state index < -0.39 is 6.29 Å². The Morgan fingerprint density at radius 1 is 1.07 bits per heavy atom. The smallest absolute Gasteiger partial charge is 0.271 e. The molecule has 2 saturated heterocycles. The summed E-state index contributed by atoms with van der Waals surface area (Å²) in [7, 11) is 4.86. The highest BCUT2D eigenvalue weighted by atomic mass is 16.7. The number of aromatic nitrogens is 1. The van der Waals surface area contributed by atoms with Gasteiger partial charge in [0, 0.05) is 60.2 Å². The molecule has 1 amide bonds. The Kier molecular flexibility index (Phi) is 11.8. The fourth-order valence-corrected chi connectivity index (χ4v) is 5.64. The van der Waals surface area contributed by atoms with Gasteiger partial charge in [-0.3, -0.25) is 9.59 Å². The number of anilines is 1. The fourth-order valence-electron chi connectivity index (χ4n) is 5.64. The topological polar surface area (TPSA) is 96.6 Å². The number of morpholine rings is 1. The third-order valence-corrected chi connectivity index (χ3v) is 8.23. The Balaban J connectivity index is 1.14. The Hall–Kier alpha value is -2.76. The number of pyridine rings is 1. The maximum atomic E-state index is 12.3. The van der Waals surface area contributed by atoms with E-state index in [9.17, 15) is 9.59 Å². The van der Waals surface area contributed by atoms with Gasteiger partial charge in [0.15, 0.2) is 6.29 Å². The van der Waals surface area contributed by atoms with Crippen molar-refractivity contribution in [1.29, 1.82) is 0 Å². The molecule has 1 spiro atoms. The summed E-state index contributed by atoms with van der Waals surface area (Å²) in [5.74, 6) is 0.00791. The number of amides is 1. The van der Waals surface area contributed by atoms with Gasteiger partial charge in [0.05, 0.1) is 38.4 Å². The zero-order valence-electron chi connectivity index (χ0n) is 24.8. The van der Waals surface area contributed by atoms with Crippen LogP contribution in [0.5, 0.6) is 0 Å². The van der Waals surface area contributed by atoms with Crippen molar-refractivity contribution in [2.75, 3.05) is 85.3 Å². The van der Waals surface area contributed by atoms with Crippen molar-refractivity contribution in [1.82, 2.24) is 14.8 Å². The molecule has 10 heteroatoms. The fraction of sp³-hybridized carbons (Fsp3) is 0.613. The van der Waals surface area contributed by atoms with E-state index in [0.717, 1.165) is 64.1 Å². The summed E-state index contributed by atoms with van der Waals surface area (Å²) in [5.41, 5.74) is 3.11. The van der Waals surface area contributed by atoms with Crippen LogP contribution in [0.4, 0.5) is 5.69 Å². The lowest BCUT2D eigenvalue weighted by atomic mass is 9.89. The summed E-state index contributed by atoms with van der Waals surface area (Å²) in [4.78, 5) is 33.7. The molecule has 0 saturated carbocycles. The maximum absolute atomic E-state index is 12.3. The number of carbonyl (C=O) groups is 1. The average molecular weight is 571 g/mol. The zero-order chi connectivity index (χ0) is 29.1. The minimum atomic E-state index is -0.423. The SMILES string of the molecule is COC(CN(C)C(=O)CCOCCc1cccc(CCN2CCC3(CC2)CN(c2ccc[nH]c2=O)CCO3)c1)OC. The Labute approximate surface area is 243 Å². The molecule has 0 radical (unpaired) electrons. The number of hydrogen-bond acceptors (Lipinski definition) is 8. The predicted octanol–water partition coefficient (Wildman–Crippen LogP) is 2.32. The third-order valence-electron chi connectivity index (χ3n) is 8.23. The first-order valence-electron chi connectivity index (χ1n) is 14.7. The van der Waals surface area contributed by atoms with Crippen molar-refractivity contribution in [3.05, 3.63) is 64.1 Å². The molecule has 0 unspecified atom stereocenters. The van der Waals surface area contributed by atoms with E-state index in [1.165, 1.54) is 11.1 Å². The molecule has 10 nitrogen and oxygen atoms in total. The van der Waals surface area contributed by atoms with Gasteiger partial charge in [-0.05, 0) is 48.9 Å². The van der Waals surface area contributed by atoms with Crippen LogP contribution in [0.15, 0.2) is 47.4 Å². The van der Waals surface area contributed by atoms with Crippen LogP contribution in [-0.4, -0.2) is 113 Å². The van der Waals surface area contributed by atoms with Crippen LogP contribution in [0.1, 0.15) is 30.4 Å². The van der Waals surface area contributed by atoms with E-state index in [0.29, 0.717) is 32.8 Å². The molecular formula is C31H46N4O6. The second kappa shape index (κ2) is 15.5. The quantitative estimate of drug-likeness (QED) is 0.273. The van der Waals surface area contributed by atoms with Crippen LogP contribution < -0.4 is 10.5 Å². The number of likely N-dealkylation sites (N-methyl/N-ethyl adjacent to an activating group) is 1. The van der Waals surface area contributed by atoms with Gasteiger partial charge in [-0.2, -0.15) is 0 Å². The lowest BCUT2D eigenvalue weighted by Crippen LogP contribution is -2.57. The Morgan fingerprint density at radius 3 is 2.56 bits per heavy atom. The van der Waals surface area contributed by atoms with Crippen LogP contribution in [0.3, 0.4) is 0 Å². The average Bonchev–Trinajstić information content (AvgIpc) is 2.99. The molecule has 2 aliphatic heterocycles. The lowest BCUT2D eigenvalue weighted by Gasteiger charge is -2.47. The molecule has 2 fully saturated rings. The van der Waals surface area contributed by atoms with E-state index in [1.54, 1.807) is 32.4 Å². The second-order valence-corrected chi connectivity index (χ2v) is 11.0. The van der Waals surface area contributed by atoms with Gasteiger partial charge in [-0.15, -0.1) is 0 Å². The molecule has 41 heavy (non-hydrogen) atoms. The highest BCUT2D eigenvalue weighted by Gasteiger charge is 2.40. The summed E-state index contributed by atoms with van der Waals surface area (Å²) in [5, 5.41) is 0. The molecule has 1 aromatic carbocycles. The molecule has 3 heterocycles. The van der Waals surface area contributed by atoms with Gasteiger partial charge in [-0.25, -0.2) is 0 Å². The van der Waals surface area contributed by atoms with Crippen molar-refractivity contribution in [3.63, 3.8) is 0 Å². The predicted molar refractivity (Wildman–Crippen MR) is 158 cm³/mol. The van der Waals surface area contributed by atoms with E-state index in [1.807, 2.05) is 12.1 Å². The molecule has 2 aliphatic rings. The van der Waals surface area contributed by atoms with Crippen LogP contribution in [0, 0.1) is 0 Å². The molecule has 2 aromatic rings. The number of nitrogens with zero attached hydrogens (tertiary/aromatic N) is 3. The number of nitrogens with one attached hydrogen (secondary N) is 1. The zero-order valence-corrected chi connectivity index (χ0v) is 24.8. The van der Waals surface area contributed by atoms with Gasteiger partial charge < -0.3 is 38.6 Å². The molecule has 226 valence electrons. The van der Waals surface area contributed by atoms with Gasteiger partial charge in [0.2, 0.25) is 5.91 Å². The van der Waals surface area contributed by atoms with E-state index in [-0.39, 0.29) is 17.1 Å². The Morgan fingerprint density at radius 2 is 1.83 bits per heavy atom. The van der Waals surface area contributed by atoms with E-state index in [4.69, 9.17) is 18.9 Å². The maximum Gasteiger partial charge on any atom is 0.271 e. The van der Waals surface area contributed by atoms with Crippen molar-refractivity contribution in [3.8, 4) is 0 Å². The molecule has 1 aromatic heterocycles. The number of carbonyl (C=O) groups excluding carboxylic acids is 1. The van der Waals surface area contributed by atoms with Crippen molar-refractivity contribution < 1.29 is 23.7 Å². The summed E-state index contributed by atoms with van der Waals surface area (Å²) in [6.45, 7) is 6.55. The third kappa shape index (κ3) is 9.11. The van der Waals surface area contributed by atoms with Gasteiger partial charge in [0.25, 0.3) is 5.56 Å². The number of methoxy groups -OCH3 is 2. The number of aromatic amines is 1. The highest BCUT2D eigenvalue weighted by molar-refractivity contribution is 5.75. The number of hydrogen-bond donors (Lipinski definition) is 1. The Bertz CT molecular complexity index is 1150. The number of benzene rings is 1. The number of rotatable bonds is 14. The molecule has 0 bridgehead atoms. The second-order valence-electron chi connectivity index (χ2n) is 11.0. The van der Waals surface area contributed by atoms with Crippen LogP contribution >= 0.6 is 0 Å². The normalized spacial score (nSPS) is 17.3. The van der Waals surface area contributed by atoms with Crippen LogP contribution in [0.25, 0.3) is 0 Å². The first-order valence-corrected chi connectivity index (χ1v) is 14.7. The van der Waals surface area contributed by atoms with Gasteiger partial charge in [-0.1, -0.05) is 24.3 Å². The largest absolute Gasteiger partial charge is 0.381 e. The molecule has 1 N–H and O–H groups in total. The van der Waals surface area contributed by atoms with Crippen LogP contribution in [0.2, 0.25) is 0 Å². The minimum Gasteiger partial charge on any atom is -0.381 e. The van der Waals surface area contributed by atoms with Crippen molar-refractivity contribution >= 4 is 11.6 Å². The van der Waals surface area contributed by atoms with Gasteiger partial charge in [0.1, 0.15) is 5.69 Å². The monoisotopic (exact) mass is 570 g/mol. The number of H-pyrrole nitrogens is 1. The highest BCUT2D eigenvalue weighted by Crippen LogP contribution is 2.31. The summed E-state index contributed by atoms with van der Waals surface area (Å²) in [6.07, 6.45) is 5.36. The first kappa shape index (κ1) is 31.2. The number of likely N-dealkylation sites (tertiary alicyclic amines) is 1. The van der Waals surface area contributed by atoms with Crippen molar-refractivity contribution in [2.45, 2.75) is 44.0 Å². The molecule has 0 atom stereocenters. The molecule has 0 aliphatic carbocycles. The van der Waals surface area contributed by atoms with E-state index >= 15 is 0 Å². The molecular weight excluding hydrogens is 524 g/mol. The van der Waals surface area contributed by atoms with Crippen LogP contribution in [-0.2, 0) is 36.6 Å².